The van der Waals surface area contributed by atoms with Gasteiger partial charge >= 0.3 is 12.0 Å². The number of hydrogen-bond acceptors (Lipinski definition) is 4. The number of nitrogens with one attached hydrogen (secondary N) is 2. The van der Waals surface area contributed by atoms with Crippen LogP contribution in [-0.2, 0) is 22.4 Å². The number of hydrogen-bond donors (Lipinski definition) is 4. The average molecular weight is 506 g/mol. The molecular weight excluding hydrogens is 470 g/mol. The predicted molar refractivity (Wildman–Crippen MR) is 142 cm³/mol. The summed E-state index contributed by atoms with van der Waals surface area (Å²) < 4.78 is 0. The molecule has 4 N–H and O–H groups in total. The number of fused-ring (bicyclic) bond motifs is 1. The Morgan fingerprint density at radius 3 is 2.19 bits per heavy atom. The highest BCUT2D eigenvalue weighted by Gasteiger charge is 2.28. The van der Waals surface area contributed by atoms with Crippen molar-refractivity contribution in [3.8, 4) is 0 Å². The molecule has 3 amide bonds. The molecule has 0 bridgehead atoms. The number of carboxylic acid groups (broad SMARTS) is 1. The summed E-state index contributed by atoms with van der Waals surface area (Å²) in [5, 5.41) is 23.8. The number of benzene rings is 3. The largest absolute Gasteiger partial charge is 0.480 e. The van der Waals surface area contributed by atoms with Crippen LogP contribution in [0.3, 0.4) is 0 Å². The van der Waals surface area contributed by atoms with Crippen molar-refractivity contribution in [2.75, 3.05) is 13.1 Å². The van der Waals surface area contributed by atoms with E-state index in [1.54, 1.807) is 5.48 Å². The van der Waals surface area contributed by atoms with Crippen LogP contribution in [0.4, 0.5) is 4.79 Å². The van der Waals surface area contributed by atoms with Crippen LogP contribution < -0.4 is 10.8 Å². The number of carbonyl (C=O) groups is 3. The fourth-order valence-corrected chi connectivity index (χ4v) is 4.37. The van der Waals surface area contributed by atoms with Crippen molar-refractivity contribution in [3.05, 3.63) is 83.9 Å². The zero-order chi connectivity index (χ0) is 26.8. The monoisotopic (exact) mass is 505 g/mol. The Labute approximate surface area is 217 Å². The molecule has 196 valence electrons. The number of aryl methyl sites for hydroxylation is 1. The van der Waals surface area contributed by atoms with Crippen LogP contribution in [0.1, 0.15) is 31.4 Å². The van der Waals surface area contributed by atoms with E-state index in [9.17, 15) is 24.7 Å². The van der Waals surface area contributed by atoms with Gasteiger partial charge in [0.2, 0.25) is 5.91 Å². The van der Waals surface area contributed by atoms with E-state index in [0.29, 0.717) is 19.4 Å². The third kappa shape index (κ3) is 8.32. The summed E-state index contributed by atoms with van der Waals surface area (Å²) in [4.78, 5) is 39.2. The van der Waals surface area contributed by atoms with Crippen molar-refractivity contribution in [1.29, 1.82) is 0 Å². The van der Waals surface area contributed by atoms with Crippen LogP contribution in [0.15, 0.2) is 72.8 Å². The Bertz CT molecular complexity index is 1200. The van der Waals surface area contributed by atoms with Gasteiger partial charge in [0.25, 0.3) is 0 Å². The molecule has 37 heavy (non-hydrogen) atoms. The van der Waals surface area contributed by atoms with Crippen molar-refractivity contribution < 1.29 is 24.7 Å². The van der Waals surface area contributed by atoms with E-state index in [2.05, 4.69) is 5.32 Å². The fourth-order valence-electron chi connectivity index (χ4n) is 4.37. The molecule has 0 saturated carbocycles. The second kappa shape index (κ2) is 13.4. The summed E-state index contributed by atoms with van der Waals surface area (Å²) in [5.41, 5.74) is 3.55. The third-order valence-corrected chi connectivity index (χ3v) is 6.27. The van der Waals surface area contributed by atoms with Crippen LogP contribution in [0.2, 0.25) is 0 Å². The van der Waals surface area contributed by atoms with Crippen LogP contribution in [0, 0.1) is 11.8 Å². The zero-order valence-corrected chi connectivity index (χ0v) is 21.3. The summed E-state index contributed by atoms with van der Waals surface area (Å²) in [6, 6.07) is 21.5. The highest BCUT2D eigenvalue weighted by molar-refractivity contribution is 5.85. The summed E-state index contributed by atoms with van der Waals surface area (Å²) in [5.74, 6) is -2.30. The molecular formula is C29H35N3O5. The molecule has 0 fully saturated rings. The quantitative estimate of drug-likeness (QED) is 0.217. The first-order valence-corrected chi connectivity index (χ1v) is 12.5. The maximum absolute atomic E-state index is 13.3. The van der Waals surface area contributed by atoms with Crippen LogP contribution in [-0.4, -0.2) is 52.3 Å². The number of urea groups is 1. The number of carboxylic acids is 1. The highest BCUT2D eigenvalue weighted by atomic mass is 16.5. The van der Waals surface area contributed by atoms with Gasteiger partial charge in [-0.25, -0.2) is 15.1 Å². The molecule has 1 unspecified atom stereocenters. The summed E-state index contributed by atoms with van der Waals surface area (Å²) in [6.07, 6.45) is 1.13. The van der Waals surface area contributed by atoms with Gasteiger partial charge in [-0.05, 0) is 40.7 Å². The van der Waals surface area contributed by atoms with Gasteiger partial charge in [-0.15, -0.1) is 0 Å². The van der Waals surface area contributed by atoms with E-state index in [1.165, 1.54) is 4.90 Å². The molecule has 0 heterocycles. The summed E-state index contributed by atoms with van der Waals surface area (Å²) in [7, 11) is 0. The number of carbonyl (C=O) groups excluding carboxylic acids is 2. The van der Waals surface area contributed by atoms with Gasteiger partial charge in [0.15, 0.2) is 0 Å². The fraction of sp³-hybridized carbons (Fsp3) is 0.345. The minimum Gasteiger partial charge on any atom is -0.480 e. The number of amides is 3. The van der Waals surface area contributed by atoms with Gasteiger partial charge in [-0.2, -0.15) is 0 Å². The molecule has 2 atom stereocenters. The van der Waals surface area contributed by atoms with Crippen molar-refractivity contribution in [2.24, 2.45) is 11.8 Å². The van der Waals surface area contributed by atoms with Crippen LogP contribution in [0.5, 0.6) is 0 Å². The Kier molecular flexibility index (Phi) is 10.0. The average Bonchev–Trinajstić information content (AvgIpc) is 2.89. The third-order valence-electron chi connectivity index (χ3n) is 6.27. The van der Waals surface area contributed by atoms with Crippen molar-refractivity contribution in [1.82, 2.24) is 15.7 Å². The SMILES string of the molecule is CC(C)CN(CC(CCc1ccccc1)C(=O)NO)C(=O)N[C@@H](Cc1ccc2ccccc2c1)C(=O)O. The van der Waals surface area contributed by atoms with Gasteiger partial charge in [0.05, 0.1) is 5.92 Å². The molecule has 0 radical (unpaired) electrons. The Morgan fingerprint density at radius 1 is 0.865 bits per heavy atom. The number of rotatable bonds is 12. The lowest BCUT2D eigenvalue weighted by atomic mass is 9.97. The molecule has 0 aliphatic heterocycles. The molecule has 8 heteroatoms. The van der Waals surface area contributed by atoms with Gasteiger partial charge in [-0.3, -0.25) is 10.0 Å². The first kappa shape index (κ1) is 27.7. The first-order valence-electron chi connectivity index (χ1n) is 12.5. The number of nitrogens with zero attached hydrogens (tertiary/aromatic N) is 1. The standard InChI is InChI=1S/C29H35N3O5/c1-20(2)18-32(19-25(27(33)31-37)15-12-21-8-4-3-5-9-21)29(36)30-26(28(34)35)17-22-13-14-23-10-6-7-11-24(23)16-22/h3-11,13-14,16,20,25-26,37H,12,15,17-19H2,1-2H3,(H,30,36)(H,31,33)(H,34,35)/t25?,26-/m0/s1. The van der Waals surface area contributed by atoms with E-state index < -0.39 is 29.9 Å². The van der Waals surface area contributed by atoms with Gasteiger partial charge < -0.3 is 15.3 Å². The van der Waals surface area contributed by atoms with Crippen LogP contribution >= 0.6 is 0 Å². The first-order chi connectivity index (χ1) is 17.8. The molecule has 8 nitrogen and oxygen atoms in total. The highest BCUT2D eigenvalue weighted by Crippen LogP contribution is 2.18. The predicted octanol–water partition coefficient (Wildman–Crippen LogP) is 4.26. The summed E-state index contributed by atoms with van der Waals surface area (Å²) in [6.45, 7) is 4.25. The maximum atomic E-state index is 13.3. The van der Waals surface area contributed by atoms with E-state index >= 15 is 0 Å². The topological polar surface area (TPSA) is 119 Å². The van der Waals surface area contributed by atoms with E-state index in [0.717, 1.165) is 21.9 Å². The minimum absolute atomic E-state index is 0.0472. The minimum atomic E-state index is -1.14. The van der Waals surface area contributed by atoms with Crippen molar-refractivity contribution in [2.45, 2.75) is 39.2 Å². The van der Waals surface area contributed by atoms with Crippen LogP contribution in [0.25, 0.3) is 10.8 Å². The molecule has 3 rings (SSSR count). The summed E-state index contributed by atoms with van der Waals surface area (Å²) >= 11 is 0. The molecule has 0 saturated heterocycles. The zero-order valence-electron chi connectivity index (χ0n) is 21.3. The molecule has 0 aliphatic rings. The second-order valence-electron chi connectivity index (χ2n) is 9.72. The van der Waals surface area contributed by atoms with E-state index in [4.69, 9.17) is 0 Å². The lowest BCUT2D eigenvalue weighted by Crippen LogP contribution is -2.52. The Morgan fingerprint density at radius 2 is 1.54 bits per heavy atom. The van der Waals surface area contributed by atoms with Gasteiger partial charge in [-0.1, -0.05) is 86.6 Å². The smallest absolute Gasteiger partial charge is 0.326 e. The van der Waals surface area contributed by atoms with E-state index in [-0.39, 0.29) is 18.9 Å². The Balaban J connectivity index is 1.73. The normalized spacial score (nSPS) is 12.6. The molecule has 3 aromatic carbocycles. The number of aliphatic carboxylic acids is 1. The van der Waals surface area contributed by atoms with Gasteiger partial charge in [0, 0.05) is 19.5 Å². The van der Waals surface area contributed by atoms with E-state index in [1.807, 2.05) is 86.6 Å². The van der Waals surface area contributed by atoms with Gasteiger partial charge in [0.1, 0.15) is 6.04 Å². The van der Waals surface area contributed by atoms with Crippen molar-refractivity contribution in [3.63, 3.8) is 0 Å². The Hall–Kier alpha value is -3.91. The van der Waals surface area contributed by atoms with Crippen molar-refractivity contribution >= 4 is 28.7 Å². The lowest BCUT2D eigenvalue weighted by Gasteiger charge is -2.29. The molecule has 0 spiro atoms. The lowest BCUT2D eigenvalue weighted by molar-refractivity contribution is -0.139. The molecule has 0 aromatic heterocycles. The maximum Gasteiger partial charge on any atom is 0.326 e. The molecule has 3 aromatic rings. The number of hydroxylamine groups is 1. The molecule has 0 aliphatic carbocycles. The second-order valence-corrected chi connectivity index (χ2v) is 9.72.